The van der Waals surface area contributed by atoms with Gasteiger partial charge >= 0.3 is 0 Å². The first kappa shape index (κ1) is 14.1. The molecule has 1 unspecified atom stereocenters. The summed E-state index contributed by atoms with van der Waals surface area (Å²) < 4.78 is 7.37. The maximum atomic E-state index is 5.69. The number of rotatable bonds is 6. The maximum absolute atomic E-state index is 5.69. The first-order chi connectivity index (χ1) is 8.15. The molecular formula is C12H17N2OPS. The molecule has 0 aliphatic heterocycles. The minimum Gasteiger partial charge on any atom is -0.491 e. The monoisotopic (exact) mass is 268 g/mol. The fraction of sp³-hybridized carbons (Fsp3) is 0.417. The molecule has 0 bridgehead atoms. The van der Waals surface area contributed by atoms with E-state index in [9.17, 15) is 0 Å². The highest BCUT2D eigenvalue weighted by Gasteiger charge is 2.00. The van der Waals surface area contributed by atoms with Crippen LogP contribution in [-0.4, -0.2) is 24.1 Å². The van der Waals surface area contributed by atoms with Crippen molar-refractivity contribution in [1.29, 1.82) is 0 Å². The van der Waals surface area contributed by atoms with Crippen LogP contribution in [0.3, 0.4) is 0 Å². The van der Waals surface area contributed by atoms with E-state index in [1.807, 2.05) is 31.3 Å². The van der Waals surface area contributed by atoms with Gasteiger partial charge in [0.05, 0.1) is 12.3 Å². The van der Waals surface area contributed by atoms with Crippen LogP contribution >= 0.6 is 7.51 Å². The smallest absolute Gasteiger partial charge is 0.119 e. The highest BCUT2D eigenvalue weighted by Crippen LogP contribution is 2.14. The van der Waals surface area contributed by atoms with Gasteiger partial charge in [-0.1, -0.05) is 6.92 Å². The predicted molar refractivity (Wildman–Crippen MR) is 76.5 cm³/mol. The minimum atomic E-state index is 0.250. The lowest BCUT2D eigenvalue weighted by Gasteiger charge is -2.12. The summed E-state index contributed by atoms with van der Waals surface area (Å²) in [5.41, 5.74) is 1.03. The van der Waals surface area contributed by atoms with E-state index in [1.54, 1.807) is 11.0 Å². The van der Waals surface area contributed by atoms with Crippen molar-refractivity contribution < 1.29 is 4.74 Å². The Morgan fingerprint density at radius 1 is 1.47 bits per heavy atom. The number of hydrogen-bond donors (Lipinski definition) is 0. The molecule has 0 aromatic heterocycles. The van der Waals surface area contributed by atoms with E-state index in [2.05, 4.69) is 18.9 Å². The van der Waals surface area contributed by atoms with Crippen molar-refractivity contribution in [2.45, 2.75) is 26.4 Å². The van der Waals surface area contributed by atoms with Gasteiger partial charge in [-0.15, -0.1) is 0 Å². The fourth-order valence-electron chi connectivity index (χ4n) is 1.12. The molecule has 0 aliphatic rings. The van der Waals surface area contributed by atoms with Gasteiger partial charge in [0.1, 0.15) is 13.3 Å². The second-order valence-electron chi connectivity index (χ2n) is 3.72. The third-order valence-electron chi connectivity index (χ3n) is 2.28. The molecular weight excluding hydrogens is 251 g/mol. The molecule has 1 atom stereocenters. The van der Waals surface area contributed by atoms with E-state index in [4.69, 9.17) is 16.5 Å². The van der Waals surface area contributed by atoms with Crippen molar-refractivity contribution in [3.05, 3.63) is 29.8 Å². The Kier molecular flexibility index (Phi) is 6.09. The lowest BCUT2D eigenvalue weighted by molar-refractivity contribution is 0.217. The van der Waals surface area contributed by atoms with Crippen LogP contribution in [0.25, 0.3) is 0 Å². The molecule has 0 fully saturated rings. The molecule has 0 radical (unpaired) electrons. The first-order valence-corrected chi connectivity index (χ1v) is 7.39. The van der Waals surface area contributed by atoms with Gasteiger partial charge in [0.25, 0.3) is 0 Å². The van der Waals surface area contributed by atoms with Gasteiger partial charge in [-0.2, -0.15) is 5.10 Å². The summed E-state index contributed by atoms with van der Waals surface area (Å²) in [5.74, 6) is 0.895. The predicted octanol–water partition coefficient (Wildman–Crippen LogP) is 3.45. The highest BCUT2D eigenvalue weighted by atomic mass is 32.4. The summed E-state index contributed by atoms with van der Waals surface area (Å²) in [5, 5.41) is 4.17. The van der Waals surface area contributed by atoms with Crippen molar-refractivity contribution >= 4 is 25.5 Å². The first-order valence-electron chi connectivity index (χ1n) is 5.53. The average molecular weight is 268 g/mol. The number of nitrogens with zero attached hydrogens (tertiary/aromatic N) is 2. The summed E-state index contributed by atoms with van der Waals surface area (Å²) >= 11 is 4.84. The van der Waals surface area contributed by atoms with Crippen molar-refractivity contribution in [1.82, 2.24) is 4.78 Å². The van der Waals surface area contributed by atoms with Gasteiger partial charge in [0, 0.05) is 7.05 Å². The lowest BCUT2D eigenvalue weighted by atomic mass is 10.2. The van der Waals surface area contributed by atoms with Crippen molar-refractivity contribution in [2.24, 2.45) is 5.10 Å². The molecule has 1 aromatic rings. The van der Waals surface area contributed by atoms with Crippen LogP contribution in [-0.2, 0) is 11.8 Å². The summed E-state index contributed by atoms with van der Waals surface area (Å²) in [6.45, 7) is 4.17. The molecule has 0 heterocycles. The zero-order chi connectivity index (χ0) is 12.7. The molecule has 0 saturated carbocycles. The Morgan fingerprint density at radius 3 is 2.65 bits per heavy atom. The van der Waals surface area contributed by atoms with Crippen LogP contribution in [0.15, 0.2) is 29.4 Å². The fourth-order valence-corrected chi connectivity index (χ4v) is 1.34. The van der Waals surface area contributed by atoms with E-state index in [0.29, 0.717) is 7.51 Å². The molecule has 0 spiro atoms. The second kappa shape index (κ2) is 7.36. The Balaban J connectivity index is 2.61. The quantitative estimate of drug-likeness (QED) is 0.449. The van der Waals surface area contributed by atoms with Crippen LogP contribution < -0.4 is 4.74 Å². The van der Waals surface area contributed by atoms with Crippen LogP contribution in [0.2, 0.25) is 0 Å². The normalized spacial score (nSPS) is 12.9. The topological polar surface area (TPSA) is 24.8 Å². The lowest BCUT2D eigenvalue weighted by Crippen LogP contribution is -2.09. The third kappa shape index (κ3) is 5.24. The molecule has 0 saturated heterocycles. The molecule has 3 nitrogen and oxygen atoms in total. The van der Waals surface area contributed by atoms with Crippen molar-refractivity contribution in [3.8, 4) is 5.75 Å². The average Bonchev–Trinajstić information content (AvgIpc) is 2.37. The standard InChI is InChI=1S/C12H17N2OPS/c1-4-10(2)15-12-7-5-11(6-8-12)9-13-14(3)16-17/h5-10H,4H2,1-3H3. The maximum Gasteiger partial charge on any atom is 0.119 e. The van der Waals surface area contributed by atoms with E-state index in [-0.39, 0.29) is 6.10 Å². The zero-order valence-corrected chi connectivity index (χ0v) is 12.0. The number of hydrazone groups is 1. The van der Waals surface area contributed by atoms with Crippen LogP contribution in [0, 0.1) is 0 Å². The molecule has 92 valence electrons. The number of ether oxygens (including phenoxy) is 1. The molecule has 1 rings (SSSR count). The molecule has 5 heteroatoms. The second-order valence-corrected chi connectivity index (χ2v) is 4.95. The van der Waals surface area contributed by atoms with Crippen molar-refractivity contribution in [3.63, 3.8) is 0 Å². The molecule has 0 aliphatic carbocycles. The van der Waals surface area contributed by atoms with Gasteiger partial charge in [-0.05, 0) is 55.0 Å². The van der Waals surface area contributed by atoms with Gasteiger partial charge < -0.3 is 4.74 Å². The zero-order valence-electron chi connectivity index (χ0n) is 10.3. The summed E-state index contributed by atoms with van der Waals surface area (Å²) in [6.07, 6.45) is 3.04. The molecule has 1 aromatic carbocycles. The van der Waals surface area contributed by atoms with Gasteiger partial charge in [0.2, 0.25) is 0 Å². The van der Waals surface area contributed by atoms with Gasteiger partial charge in [0.15, 0.2) is 0 Å². The Bertz CT molecular complexity index is 381. The highest BCUT2D eigenvalue weighted by molar-refractivity contribution is 7.95. The van der Waals surface area contributed by atoms with Gasteiger partial charge in [-0.25, -0.2) is 4.78 Å². The molecule has 0 N–H and O–H groups in total. The Labute approximate surface area is 109 Å². The summed E-state index contributed by atoms with van der Waals surface area (Å²) in [4.78, 5) is 0. The summed E-state index contributed by atoms with van der Waals surface area (Å²) in [6, 6.07) is 7.88. The third-order valence-corrected chi connectivity index (χ3v) is 3.33. The largest absolute Gasteiger partial charge is 0.491 e. The number of hydrogen-bond acceptors (Lipinski definition) is 3. The molecule has 17 heavy (non-hydrogen) atoms. The number of benzene rings is 1. The van der Waals surface area contributed by atoms with Crippen LogP contribution in [0.5, 0.6) is 5.75 Å². The van der Waals surface area contributed by atoms with E-state index < -0.39 is 0 Å². The van der Waals surface area contributed by atoms with Crippen molar-refractivity contribution in [2.75, 3.05) is 7.05 Å². The Hall–Kier alpha value is -0.990. The molecule has 0 amide bonds. The SMILES string of the molecule is CCC(C)Oc1ccc(C=NN(C)P=S)cc1. The van der Waals surface area contributed by atoms with Gasteiger partial charge in [-0.3, -0.25) is 0 Å². The minimum absolute atomic E-state index is 0.250. The summed E-state index contributed by atoms with van der Waals surface area (Å²) in [7, 11) is 2.55. The van der Waals surface area contributed by atoms with E-state index in [0.717, 1.165) is 17.7 Å². The Morgan fingerprint density at radius 2 is 2.12 bits per heavy atom. The van der Waals surface area contributed by atoms with Crippen LogP contribution in [0.1, 0.15) is 25.8 Å². The van der Waals surface area contributed by atoms with Crippen LogP contribution in [0.4, 0.5) is 0 Å². The van der Waals surface area contributed by atoms with E-state index in [1.165, 1.54) is 0 Å². The van der Waals surface area contributed by atoms with E-state index >= 15 is 0 Å².